The molecule has 5 heterocycles. The fourth-order valence-electron chi connectivity index (χ4n) is 4.57. The average Bonchev–Trinajstić information content (AvgIpc) is 3.28. The van der Waals surface area contributed by atoms with Crippen LogP contribution in [-0.2, 0) is 4.79 Å². The molecule has 11 heteroatoms. The van der Waals surface area contributed by atoms with E-state index >= 15 is 0 Å². The quantitative estimate of drug-likeness (QED) is 0.315. The van der Waals surface area contributed by atoms with Crippen molar-refractivity contribution in [3.8, 4) is 12.8 Å². The summed E-state index contributed by atoms with van der Waals surface area (Å²) in [7, 11) is 0. The fourth-order valence-corrected chi connectivity index (χ4v) is 4.57. The number of nitrogens with one attached hydrogen (secondary N) is 3. The molecule has 3 aliphatic rings. The van der Waals surface area contributed by atoms with E-state index < -0.39 is 0 Å². The van der Waals surface area contributed by atoms with E-state index in [1.807, 2.05) is 13.0 Å². The zero-order chi connectivity index (χ0) is 26.9. The first kappa shape index (κ1) is 26.9. The minimum Gasteiger partial charge on any atom is -0.341 e. The van der Waals surface area contributed by atoms with Gasteiger partial charge in [0, 0.05) is 49.0 Å². The van der Waals surface area contributed by atoms with Crippen LogP contribution in [0.1, 0.15) is 62.8 Å². The van der Waals surface area contributed by atoms with Crippen LogP contribution >= 0.6 is 0 Å². The Balaban J connectivity index is 0.000000237. The summed E-state index contributed by atoms with van der Waals surface area (Å²) in [4.78, 5) is 32.7. The molecule has 3 N–H and O–H groups in total. The number of anilines is 5. The number of aromatic nitrogens is 6. The van der Waals surface area contributed by atoms with Crippen LogP contribution in [0.25, 0.3) is 0 Å². The summed E-state index contributed by atoms with van der Waals surface area (Å²) in [5, 5.41) is 13.3. The molecule has 3 aromatic rings. The zero-order valence-corrected chi connectivity index (χ0v) is 22.1. The molecule has 0 radical (unpaired) electrons. The summed E-state index contributed by atoms with van der Waals surface area (Å²) in [6, 6.07) is 6.20. The number of terminal acetylenes is 1. The van der Waals surface area contributed by atoms with Crippen molar-refractivity contribution in [3.05, 3.63) is 35.8 Å². The highest BCUT2D eigenvalue weighted by Gasteiger charge is 2.27. The van der Waals surface area contributed by atoms with Gasteiger partial charge in [-0.3, -0.25) is 14.9 Å². The van der Waals surface area contributed by atoms with Gasteiger partial charge in [-0.15, -0.1) is 12.8 Å². The number of rotatable bonds is 7. The lowest BCUT2D eigenvalue weighted by Crippen LogP contribution is -2.30. The van der Waals surface area contributed by atoms with Gasteiger partial charge < -0.3 is 20.4 Å². The van der Waals surface area contributed by atoms with Gasteiger partial charge in [0.1, 0.15) is 0 Å². The van der Waals surface area contributed by atoms with E-state index in [0.29, 0.717) is 24.3 Å². The maximum Gasteiger partial charge on any atom is 0.235 e. The van der Waals surface area contributed by atoms with E-state index in [4.69, 9.17) is 9.97 Å². The number of hydrogen-bond donors (Lipinski definition) is 3. The van der Waals surface area contributed by atoms with Crippen molar-refractivity contribution >= 4 is 35.8 Å². The second-order valence-corrected chi connectivity index (χ2v) is 9.70. The predicted octanol–water partition coefficient (Wildman–Crippen LogP) is 4.01. The minimum atomic E-state index is 0.475. The first-order valence-electron chi connectivity index (χ1n) is 13.1. The molecule has 200 valence electrons. The van der Waals surface area contributed by atoms with Gasteiger partial charge in [0.2, 0.25) is 24.3 Å². The molecule has 11 nitrogen and oxygen atoms in total. The minimum absolute atomic E-state index is 0.475. The summed E-state index contributed by atoms with van der Waals surface area (Å²) < 4.78 is 0. The van der Waals surface area contributed by atoms with E-state index in [0.717, 1.165) is 48.7 Å². The molecule has 2 saturated heterocycles. The highest BCUT2D eigenvalue weighted by Crippen LogP contribution is 2.39. The molecule has 0 aromatic carbocycles. The highest BCUT2D eigenvalue weighted by atomic mass is 16.1. The standard InChI is InChI=1S/C18H26N8.C7H8N2O.C2H2/c1-12-5-4-10-26(12)18-21-16(20-17(22-18)25-8-2-3-9-25)19-15-11-14(23-24-15)13-6-7-13;1-6-2-3-7(4-8-6)9-5-10;1-2/h11-13H,2-10H2,1H3,(H2,19,20,21,22,23,24);2-5H,1H3,(H,9,10);1-2H/t12-;;/m0../s1. The largest absolute Gasteiger partial charge is 0.341 e. The number of carbonyl (C=O) groups excluding carboxylic acids is 1. The summed E-state index contributed by atoms with van der Waals surface area (Å²) in [5.74, 6) is 3.59. The molecule has 6 rings (SSSR count). The number of hydrogen-bond acceptors (Lipinski definition) is 9. The summed E-state index contributed by atoms with van der Waals surface area (Å²) >= 11 is 0. The molecule has 3 aromatic heterocycles. The van der Waals surface area contributed by atoms with Gasteiger partial charge in [0.25, 0.3) is 0 Å². The highest BCUT2D eigenvalue weighted by molar-refractivity contribution is 5.70. The maximum absolute atomic E-state index is 9.92. The van der Waals surface area contributed by atoms with Crippen LogP contribution in [0, 0.1) is 19.8 Å². The van der Waals surface area contributed by atoms with Crippen LogP contribution in [-0.4, -0.2) is 62.2 Å². The molecule has 38 heavy (non-hydrogen) atoms. The third kappa shape index (κ3) is 6.97. The number of H-pyrrole nitrogens is 1. The molecule has 2 aliphatic heterocycles. The van der Waals surface area contributed by atoms with Crippen molar-refractivity contribution in [1.82, 2.24) is 30.1 Å². The lowest BCUT2D eigenvalue weighted by atomic mass is 10.2. The Hall–Kier alpha value is -4.20. The van der Waals surface area contributed by atoms with Crippen molar-refractivity contribution < 1.29 is 4.79 Å². The van der Waals surface area contributed by atoms with E-state index in [2.05, 4.69) is 66.4 Å². The Morgan fingerprint density at radius 1 is 1.03 bits per heavy atom. The van der Waals surface area contributed by atoms with Gasteiger partial charge in [0.05, 0.1) is 11.9 Å². The maximum atomic E-state index is 9.92. The second kappa shape index (κ2) is 12.9. The van der Waals surface area contributed by atoms with Crippen molar-refractivity contribution in [2.24, 2.45) is 0 Å². The van der Waals surface area contributed by atoms with E-state index in [1.54, 1.807) is 12.3 Å². The first-order valence-corrected chi connectivity index (χ1v) is 13.1. The number of nitrogens with zero attached hydrogens (tertiary/aromatic N) is 7. The third-order valence-corrected chi connectivity index (χ3v) is 6.80. The number of amides is 1. The van der Waals surface area contributed by atoms with Crippen LogP contribution < -0.4 is 20.4 Å². The number of aryl methyl sites for hydroxylation is 1. The van der Waals surface area contributed by atoms with E-state index in [9.17, 15) is 4.79 Å². The van der Waals surface area contributed by atoms with E-state index in [1.165, 1.54) is 44.2 Å². The Bertz CT molecular complexity index is 1200. The van der Waals surface area contributed by atoms with Crippen LogP contribution in [0.5, 0.6) is 0 Å². The van der Waals surface area contributed by atoms with Gasteiger partial charge in [-0.25, -0.2) is 0 Å². The summed E-state index contributed by atoms with van der Waals surface area (Å²) in [6.45, 7) is 7.19. The SMILES string of the molecule is C#C.C[C@H]1CCCN1c1nc(Nc2cc(C3CC3)[nH]n2)nc(N2CCCC2)n1.Cc1ccc(NC=O)cn1. The van der Waals surface area contributed by atoms with Crippen molar-refractivity contribution in [2.45, 2.75) is 64.3 Å². The number of pyridine rings is 1. The van der Waals surface area contributed by atoms with Crippen molar-refractivity contribution in [3.63, 3.8) is 0 Å². The topological polar surface area (TPSA) is 128 Å². The molecular formula is C27H36N10O. The Labute approximate surface area is 223 Å². The second-order valence-electron chi connectivity index (χ2n) is 9.70. The predicted molar refractivity (Wildman–Crippen MR) is 150 cm³/mol. The average molecular weight is 517 g/mol. The Morgan fingerprint density at radius 3 is 2.42 bits per heavy atom. The number of carbonyl (C=O) groups is 1. The van der Waals surface area contributed by atoms with Gasteiger partial charge in [-0.05, 0) is 64.5 Å². The van der Waals surface area contributed by atoms with Crippen LogP contribution in [0.2, 0.25) is 0 Å². The monoisotopic (exact) mass is 516 g/mol. The molecular weight excluding hydrogens is 480 g/mol. The molecule has 1 amide bonds. The normalized spacial score (nSPS) is 18.2. The Morgan fingerprint density at radius 2 is 1.79 bits per heavy atom. The molecule has 0 spiro atoms. The molecule has 0 bridgehead atoms. The van der Waals surface area contributed by atoms with Crippen LogP contribution in [0.15, 0.2) is 24.4 Å². The molecule has 1 aliphatic carbocycles. The third-order valence-electron chi connectivity index (χ3n) is 6.80. The van der Waals surface area contributed by atoms with Gasteiger partial charge in [-0.1, -0.05) is 0 Å². The van der Waals surface area contributed by atoms with Crippen LogP contribution in [0.4, 0.5) is 29.4 Å². The zero-order valence-electron chi connectivity index (χ0n) is 22.1. The van der Waals surface area contributed by atoms with Crippen molar-refractivity contribution in [2.75, 3.05) is 40.1 Å². The lowest BCUT2D eigenvalue weighted by molar-refractivity contribution is -0.105. The summed E-state index contributed by atoms with van der Waals surface area (Å²) in [6.07, 6.45) is 17.5. The Kier molecular flexibility index (Phi) is 9.08. The lowest BCUT2D eigenvalue weighted by Gasteiger charge is -2.24. The van der Waals surface area contributed by atoms with Gasteiger partial charge >= 0.3 is 0 Å². The molecule has 3 fully saturated rings. The van der Waals surface area contributed by atoms with Crippen molar-refractivity contribution in [1.29, 1.82) is 0 Å². The van der Waals surface area contributed by atoms with Gasteiger partial charge in [-0.2, -0.15) is 20.1 Å². The molecule has 0 unspecified atom stereocenters. The molecule has 1 saturated carbocycles. The smallest absolute Gasteiger partial charge is 0.235 e. The fraction of sp³-hybridized carbons (Fsp3) is 0.481. The molecule has 1 atom stereocenters. The van der Waals surface area contributed by atoms with E-state index in [-0.39, 0.29) is 0 Å². The summed E-state index contributed by atoms with van der Waals surface area (Å²) in [5.41, 5.74) is 2.87. The number of aromatic amines is 1. The first-order chi connectivity index (χ1) is 18.6. The van der Waals surface area contributed by atoms with Crippen LogP contribution in [0.3, 0.4) is 0 Å². The van der Waals surface area contributed by atoms with Gasteiger partial charge in [0.15, 0.2) is 5.82 Å².